The van der Waals surface area contributed by atoms with Crippen LogP contribution in [0.25, 0.3) is 0 Å². The molecule has 0 spiro atoms. The van der Waals surface area contributed by atoms with Gasteiger partial charge in [-0.3, -0.25) is 4.79 Å². The summed E-state index contributed by atoms with van der Waals surface area (Å²) in [5.74, 6) is -0.762. The standard InChI is InChI=1S/C13H26N2O2/c1-4-14-13(2,12(16)17)10-15(3)11-8-6-5-7-9-11/h11,14H,4-10H2,1-3H3,(H,16,17). The molecule has 0 heterocycles. The van der Waals surface area contributed by atoms with Crippen LogP contribution in [0.1, 0.15) is 46.0 Å². The lowest BCUT2D eigenvalue weighted by Crippen LogP contribution is -2.57. The molecule has 17 heavy (non-hydrogen) atoms. The molecule has 0 radical (unpaired) electrons. The Morgan fingerprint density at radius 2 is 2.00 bits per heavy atom. The van der Waals surface area contributed by atoms with Gasteiger partial charge in [0.15, 0.2) is 0 Å². The molecule has 0 aromatic rings. The van der Waals surface area contributed by atoms with E-state index in [2.05, 4.69) is 17.3 Å². The van der Waals surface area contributed by atoms with Crippen molar-refractivity contribution in [2.24, 2.45) is 0 Å². The Bertz CT molecular complexity index is 252. The van der Waals surface area contributed by atoms with Gasteiger partial charge in [-0.25, -0.2) is 0 Å². The summed E-state index contributed by atoms with van der Waals surface area (Å²) < 4.78 is 0. The lowest BCUT2D eigenvalue weighted by molar-refractivity contribution is -0.145. The first kappa shape index (κ1) is 14.5. The average molecular weight is 242 g/mol. The molecule has 0 bridgehead atoms. The maximum Gasteiger partial charge on any atom is 0.324 e. The summed E-state index contributed by atoms with van der Waals surface area (Å²) in [6.07, 6.45) is 6.30. The number of likely N-dealkylation sites (N-methyl/N-ethyl adjacent to an activating group) is 2. The number of carbonyl (C=O) groups is 1. The van der Waals surface area contributed by atoms with Gasteiger partial charge in [-0.05, 0) is 33.4 Å². The third kappa shape index (κ3) is 3.96. The van der Waals surface area contributed by atoms with Gasteiger partial charge in [0.05, 0.1) is 0 Å². The van der Waals surface area contributed by atoms with Crippen LogP contribution in [0.2, 0.25) is 0 Å². The molecule has 0 aliphatic heterocycles. The van der Waals surface area contributed by atoms with E-state index in [4.69, 9.17) is 0 Å². The van der Waals surface area contributed by atoms with Crippen molar-refractivity contribution in [3.05, 3.63) is 0 Å². The summed E-state index contributed by atoms with van der Waals surface area (Å²) in [6.45, 7) is 4.97. The van der Waals surface area contributed by atoms with Crippen molar-refractivity contribution in [2.45, 2.75) is 57.5 Å². The van der Waals surface area contributed by atoms with E-state index in [1.165, 1.54) is 32.1 Å². The van der Waals surface area contributed by atoms with Crippen LogP contribution in [0.5, 0.6) is 0 Å². The quantitative estimate of drug-likeness (QED) is 0.744. The minimum absolute atomic E-state index is 0.557. The number of aliphatic carboxylic acids is 1. The molecule has 1 unspecified atom stereocenters. The van der Waals surface area contributed by atoms with E-state index in [0.717, 1.165) is 0 Å². The molecule has 1 rings (SSSR count). The molecule has 0 amide bonds. The normalized spacial score (nSPS) is 21.4. The van der Waals surface area contributed by atoms with Gasteiger partial charge in [0.25, 0.3) is 0 Å². The fourth-order valence-electron chi connectivity index (χ4n) is 2.74. The molecule has 1 aliphatic carbocycles. The van der Waals surface area contributed by atoms with E-state index >= 15 is 0 Å². The van der Waals surface area contributed by atoms with Gasteiger partial charge in [-0.2, -0.15) is 0 Å². The first-order valence-electron chi connectivity index (χ1n) is 6.68. The lowest BCUT2D eigenvalue weighted by Gasteiger charge is -2.37. The van der Waals surface area contributed by atoms with Crippen molar-refractivity contribution in [3.63, 3.8) is 0 Å². The largest absolute Gasteiger partial charge is 0.480 e. The molecule has 1 fully saturated rings. The van der Waals surface area contributed by atoms with E-state index in [1.54, 1.807) is 6.92 Å². The smallest absolute Gasteiger partial charge is 0.324 e. The summed E-state index contributed by atoms with van der Waals surface area (Å²) in [5.41, 5.74) is -0.832. The lowest BCUT2D eigenvalue weighted by atomic mass is 9.92. The summed E-state index contributed by atoms with van der Waals surface area (Å²) >= 11 is 0. The van der Waals surface area contributed by atoms with Crippen LogP contribution in [-0.2, 0) is 4.79 Å². The van der Waals surface area contributed by atoms with E-state index in [1.807, 2.05) is 6.92 Å². The summed E-state index contributed by atoms with van der Waals surface area (Å²) in [5, 5.41) is 12.4. The monoisotopic (exact) mass is 242 g/mol. The topological polar surface area (TPSA) is 52.6 Å². The maximum atomic E-state index is 11.3. The maximum absolute atomic E-state index is 11.3. The van der Waals surface area contributed by atoms with E-state index in [-0.39, 0.29) is 0 Å². The molecule has 1 aliphatic rings. The summed E-state index contributed by atoms with van der Waals surface area (Å²) in [4.78, 5) is 13.6. The van der Waals surface area contributed by atoms with E-state index in [0.29, 0.717) is 19.1 Å². The van der Waals surface area contributed by atoms with Gasteiger partial charge in [-0.1, -0.05) is 26.2 Å². The number of carboxylic acids is 1. The van der Waals surface area contributed by atoms with Crippen LogP contribution in [0.4, 0.5) is 0 Å². The van der Waals surface area contributed by atoms with Crippen LogP contribution in [0, 0.1) is 0 Å². The van der Waals surface area contributed by atoms with Crippen molar-refractivity contribution in [1.82, 2.24) is 10.2 Å². The van der Waals surface area contributed by atoms with Crippen molar-refractivity contribution < 1.29 is 9.90 Å². The fraction of sp³-hybridized carbons (Fsp3) is 0.923. The van der Waals surface area contributed by atoms with Crippen LogP contribution in [0.3, 0.4) is 0 Å². The molecule has 4 nitrogen and oxygen atoms in total. The summed E-state index contributed by atoms with van der Waals surface area (Å²) in [7, 11) is 2.05. The van der Waals surface area contributed by atoms with E-state index in [9.17, 15) is 9.90 Å². The third-order valence-electron chi connectivity index (χ3n) is 3.80. The molecule has 4 heteroatoms. The number of carboxylic acid groups (broad SMARTS) is 1. The van der Waals surface area contributed by atoms with E-state index < -0.39 is 11.5 Å². The van der Waals surface area contributed by atoms with Crippen LogP contribution in [-0.4, -0.2) is 47.7 Å². The Balaban J connectivity index is 2.56. The van der Waals surface area contributed by atoms with Crippen LogP contribution < -0.4 is 5.32 Å². The number of nitrogens with zero attached hydrogens (tertiary/aromatic N) is 1. The Morgan fingerprint density at radius 1 is 1.41 bits per heavy atom. The van der Waals surface area contributed by atoms with Gasteiger partial charge in [0.1, 0.15) is 5.54 Å². The minimum Gasteiger partial charge on any atom is -0.480 e. The molecule has 0 saturated heterocycles. The van der Waals surface area contributed by atoms with Crippen molar-refractivity contribution >= 4 is 5.97 Å². The van der Waals surface area contributed by atoms with Crippen molar-refractivity contribution in [2.75, 3.05) is 20.1 Å². The van der Waals surface area contributed by atoms with Crippen molar-refractivity contribution in [1.29, 1.82) is 0 Å². The molecule has 0 aromatic heterocycles. The Labute approximate surface area is 104 Å². The third-order valence-corrected chi connectivity index (χ3v) is 3.80. The van der Waals surface area contributed by atoms with Gasteiger partial charge in [0, 0.05) is 12.6 Å². The minimum atomic E-state index is -0.832. The zero-order valence-electron chi connectivity index (χ0n) is 11.3. The van der Waals surface area contributed by atoms with Gasteiger partial charge in [0.2, 0.25) is 0 Å². The highest BCUT2D eigenvalue weighted by molar-refractivity contribution is 5.78. The Hall–Kier alpha value is -0.610. The summed E-state index contributed by atoms with van der Waals surface area (Å²) in [6, 6.07) is 0.557. The SMILES string of the molecule is CCNC(C)(CN(C)C1CCCCC1)C(=O)O. The fourth-order valence-corrected chi connectivity index (χ4v) is 2.74. The zero-order chi connectivity index (χ0) is 12.9. The first-order chi connectivity index (χ1) is 7.99. The predicted octanol–water partition coefficient (Wildman–Crippen LogP) is 1.70. The van der Waals surface area contributed by atoms with Crippen LogP contribution in [0.15, 0.2) is 0 Å². The second-order valence-corrected chi connectivity index (χ2v) is 5.37. The van der Waals surface area contributed by atoms with Gasteiger partial charge >= 0.3 is 5.97 Å². The molecular weight excluding hydrogens is 216 g/mol. The molecule has 2 N–H and O–H groups in total. The molecule has 1 saturated carbocycles. The second kappa shape index (κ2) is 6.36. The predicted molar refractivity (Wildman–Crippen MR) is 69.2 cm³/mol. The van der Waals surface area contributed by atoms with Gasteiger partial charge in [-0.15, -0.1) is 0 Å². The number of nitrogens with one attached hydrogen (secondary N) is 1. The zero-order valence-corrected chi connectivity index (χ0v) is 11.3. The van der Waals surface area contributed by atoms with Crippen LogP contribution >= 0.6 is 0 Å². The Morgan fingerprint density at radius 3 is 2.47 bits per heavy atom. The second-order valence-electron chi connectivity index (χ2n) is 5.37. The molecule has 0 aromatic carbocycles. The number of rotatable bonds is 6. The molecule has 100 valence electrons. The number of hydrogen-bond acceptors (Lipinski definition) is 3. The highest BCUT2D eigenvalue weighted by atomic mass is 16.4. The number of hydrogen-bond donors (Lipinski definition) is 2. The molecular formula is C13H26N2O2. The highest BCUT2D eigenvalue weighted by Gasteiger charge is 2.35. The highest BCUT2D eigenvalue weighted by Crippen LogP contribution is 2.22. The van der Waals surface area contributed by atoms with Gasteiger partial charge < -0.3 is 15.3 Å². The average Bonchev–Trinajstić information content (AvgIpc) is 2.30. The Kier molecular flexibility index (Phi) is 5.40. The first-order valence-corrected chi connectivity index (χ1v) is 6.68. The molecule has 1 atom stereocenters. The van der Waals surface area contributed by atoms with Crippen molar-refractivity contribution in [3.8, 4) is 0 Å².